The van der Waals surface area contributed by atoms with Crippen LogP contribution in [0.5, 0.6) is 11.5 Å². The third-order valence-corrected chi connectivity index (χ3v) is 4.49. The molecule has 21 heavy (non-hydrogen) atoms. The first-order chi connectivity index (χ1) is 9.84. The van der Waals surface area contributed by atoms with Crippen LogP contribution in [0.4, 0.5) is 5.69 Å². The van der Waals surface area contributed by atoms with Gasteiger partial charge in [0.05, 0.1) is 36.0 Å². The molecule has 0 fully saturated rings. The van der Waals surface area contributed by atoms with Crippen molar-refractivity contribution in [2.45, 2.75) is 13.5 Å². The van der Waals surface area contributed by atoms with Crippen molar-refractivity contribution in [2.24, 2.45) is 0 Å². The first kappa shape index (κ1) is 17.2. The van der Waals surface area contributed by atoms with Crippen LogP contribution in [0.15, 0.2) is 12.1 Å². The molecule has 1 rings (SSSR count). The normalized spacial score (nSPS) is 11.2. The predicted octanol–water partition coefficient (Wildman–Crippen LogP) is 0.909. The summed E-state index contributed by atoms with van der Waals surface area (Å²) < 4.78 is 33.0. The Balaban J connectivity index is 3.00. The molecular weight excluding hydrogens is 302 g/mol. The number of ether oxygens (including phenoxy) is 2. The second-order valence-corrected chi connectivity index (χ2v) is 6.60. The lowest BCUT2D eigenvalue weighted by molar-refractivity contribution is -0.385. The molecule has 1 N–H and O–H groups in total. The maximum Gasteiger partial charge on any atom is 0.278 e. The summed E-state index contributed by atoms with van der Waals surface area (Å²) in [5, 5.41) is 20.0. The minimum Gasteiger partial charge on any atom is -0.493 e. The minimum absolute atomic E-state index is 0.00288. The Hall–Kier alpha value is -1.87. The van der Waals surface area contributed by atoms with Crippen LogP contribution < -0.4 is 9.47 Å². The molecule has 0 amide bonds. The molecule has 0 atom stereocenters. The molecule has 0 unspecified atom stereocenters. The number of sulfone groups is 1. The molecule has 1 aromatic rings. The molecule has 0 heterocycles. The van der Waals surface area contributed by atoms with Crippen LogP contribution in [-0.4, -0.2) is 43.7 Å². The fourth-order valence-corrected chi connectivity index (χ4v) is 2.21. The number of nitro groups is 1. The number of nitrogens with zero attached hydrogens (tertiary/aromatic N) is 1. The second-order valence-electron chi connectivity index (χ2n) is 4.13. The summed E-state index contributed by atoms with van der Waals surface area (Å²) >= 11 is 0. The molecule has 0 spiro atoms. The molecule has 0 aliphatic carbocycles. The summed E-state index contributed by atoms with van der Waals surface area (Å²) in [6.07, 6.45) is 0. The number of hydrogen-bond donors (Lipinski definition) is 1. The minimum atomic E-state index is -3.19. The van der Waals surface area contributed by atoms with Gasteiger partial charge < -0.3 is 14.6 Å². The Labute approximate surface area is 122 Å². The van der Waals surface area contributed by atoms with Crippen LogP contribution in [0.1, 0.15) is 12.5 Å². The second kappa shape index (κ2) is 7.23. The van der Waals surface area contributed by atoms with Crippen LogP contribution >= 0.6 is 0 Å². The molecule has 0 bridgehead atoms. The van der Waals surface area contributed by atoms with Crippen LogP contribution in [0, 0.1) is 10.1 Å². The van der Waals surface area contributed by atoms with Crippen LogP contribution in [-0.2, 0) is 16.4 Å². The topological polar surface area (TPSA) is 116 Å². The van der Waals surface area contributed by atoms with Gasteiger partial charge in [0, 0.05) is 5.75 Å². The zero-order valence-corrected chi connectivity index (χ0v) is 12.6. The third-order valence-electron chi connectivity index (χ3n) is 2.82. The lowest BCUT2D eigenvalue weighted by atomic mass is 10.1. The van der Waals surface area contributed by atoms with Gasteiger partial charge in [-0.1, -0.05) is 6.92 Å². The van der Waals surface area contributed by atoms with Gasteiger partial charge in [-0.3, -0.25) is 10.1 Å². The summed E-state index contributed by atoms with van der Waals surface area (Å²) in [4.78, 5) is 10.3. The lowest BCUT2D eigenvalue weighted by Crippen LogP contribution is -2.16. The summed E-state index contributed by atoms with van der Waals surface area (Å²) in [5.41, 5.74) is -0.225. The Morgan fingerprint density at radius 3 is 2.48 bits per heavy atom. The lowest BCUT2D eigenvalue weighted by Gasteiger charge is -2.12. The zero-order valence-electron chi connectivity index (χ0n) is 11.7. The molecule has 8 nitrogen and oxygen atoms in total. The maximum atomic E-state index is 11.4. The van der Waals surface area contributed by atoms with Crippen molar-refractivity contribution >= 4 is 15.5 Å². The monoisotopic (exact) mass is 319 g/mol. The van der Waals surface area contributed by atoms with Crippen LogP contribution in [0.25, 0.3) is 0 Å². The van der Waals surface area contributed by atoms with E-state index in [0.717, 1.165) is 6.07 Å². The molecule has 118 valence electrons. The SMILES string of the molecule is CCS(=O)(=O)CCOc1cc([N+](=O)[O-])c(CO)cc1OC. The zero-order chi connectivity index (χ0) is 16.0. The number of aliphatic hydroxyl groups excluding tert-OH is 1. The van der Waals surface area contributed by atoms with E-state index in [1.54, 1.807) is 0 Å². The molecule has 0 radical (unpaired) electrons. The smallest absolute Gasteiger partial charge is 0.278 e. The summed E-state index contributed by atoms with van der Waals surface area (Å²) in [6.45, 7) is 0.871. The van der Waals surface area contributed by atoms with E-state index in [0.29, 0.717) is 0 Å². The van der Waals surface area contributed by atoms with Gasteiger partial charge in [0.15, 0.2) is 21.3 Å². The molecular formula is C12H17NO7S. The van der Waals surface area contributed by atoms with Gasteiger partial charge >= 0.3 is 0 Å². The van der Waals surface area contributed by atoms with Gasteiger partial charge in [-0.15, -0.1) is 0 Å². The maximum absolute atomic E-state index is 11.4. The molecule has 9 heteroatoms. The van der Waals surface area contributed by atoms with E-state index in [9.17, 15) is 18.5 Å². The third kappa shape index (κ3) is 4.57. The molecule has 0 saturated carbocycles. The van der Waals surface area contributed by atoms with E-state index in [1.807, 2.05) is 0 Å². The van der Waals surface area contributed by atoms with E-state index in [4.69, 9.17) is 14.6 Å². The van der Waals surface area contributed by atoms with E-state index in [2.05, 4.69) is 0 Å². The van der Waals surface area contributed by atoms with E-state index >= 15 is 0 Å². The van der Waals surface area contributed by atoms with Crippen molar-refractivity contribution in [1.82, 2.24) is 0 Å². The average molecular weight is 319 g/mol. The van der Waals surface area contributed by atoms with E-state index < -0.39 is 21.4 Å². The fourth-order valence-electron chi connectivity index (χ4n) is 1.58. The summed E-state index contributed by atoms with van der Waals surface area (Å²) in [6, 6.07) is 2.41. The highest BCUT2D eigenvalue weighted by atomic mass is 32.2. The van der Waals surface area contributed by atoms with Crippen molar-refractivity contribution in [3.8, 4) is 11.5 Å². The molecule has 0 aliphatic rings. The molecule has 0 aliphatic heterocycles. The van der Waals surface area contributed by atoms with Crippen molar-refractivity contribution < 1.29 is 27.9 Å². The molecule has 0 aromatic heterocycles. The fraction of sp³-hybridized carbons (Fsp3) is 0.500. The summed E-state index contributed by atoms with van der Waals surface area (Å²) in [7, 11) is -1.84. The number of nitro benzene ring substituents is 1. The van der Waals surface area contributed by atoms with E-state index in [1.165, 1.54) is 20.1 Å². The average Bonchev–Trinajstić information content (AvgIpc) is 2.46. The number of methoxy groups -OCH3 is 1. The Bertz CT molecular complexity index is 612. The standard InChI is InChI=1S/C12H17NO7S/c1-3-21(17,18)5-4-20-12-7-10(13(15)16)9(8-14)6-11(12)19-2/h6-7,14H,3-5,8H2,1-2H3. The Morgan fingerprint density at radius 1 is 1.33 bits per heavy atom. The predicted molar refractivity (Wildman–Crippen MR) is 75.4 cm³/mol. The highest BCUT2D eigenvalue weighted by Crippen LogP contribution is 2.34. The molecule has 1 aromatic carbocycles. The largest absolute Gasteiger partial charge is 0.493 e. The number of rotatable bonds is 8. The van der Waals surface area contributed by atoms with Crippen LogP contribution in [0.2, 0.25) is 0 Å². The number of hydrogen-bond acceptors (Lipinski definition) is 7. The van der Waals surface area contributed by atoms with E-state index in [-0.39, 0.29) is 40.9 Å². The molecule has 0 saturated heterocycles. The first-order valence-electron chi connectivity index (χ1n) is 6.14. The van der Waals surface area contributed by atoms with Crippen LogP contribution in [0.3, 0.4) is 0 Å². The van der Waals surface area contributed by atoms with Crippen molar-refractivity contribution in [3.63, 3.8) is 0 Å². The Kier molecular flexibility index (Phi) is 5.91. The first-order valence-corrected chi connectivity index (χ1v) is 7.96. The number of benzene rings is 1. The highest BCUT2D eigenvalue weighted by molar-refractivity contribution is 7.91. The van der Waals surface area contributed by atoms with Gasteiger partial charge in [0.1, 0.15) is 6.61 Å². The Morgan fingerprint density at radius 2 is 2.00 bits per heavy atom. The van der Waals surface area contributed by atoms with Gasteiger partial charge in [-0.05, 0) is 6.07 Å². The van der Waals surface area contributed by atoms with Gasteiger partial charge in [-0.2, -0.15) is 0 Å². The summed E-state index contributed by atoms with van der Waals surface area (Å²) in [5.74, 6) is 0.0606. The quantitative estimate of drug-likeness (QED) is 0.559. The van der Waals surface area contributed by atoms with Crippen molar-refractivity contribution in [1.29, 1.82) is 0 Å². The number of aliphatic hydroxyl groups is 1. The van der Waals surface area contributed by atoms with Crippen molar-refractivity contribution in [2.75, 3.05) is 25.2 Å². The highest BCUT2D eigenvalue weighted by Gasteiger charge is 2.19. The van der Waals surface area contributed by atoms with Gasteiger partial charge in [0.2, 0.25) is 0 Å². The van der Waals surface area contributed by atoms with Crippen molar-refractivity contribution in [3.05, 3.63) is 27.8 Å². The van der Waals surface area contributed by atoms with Gasteiger partial charge in [0.25, 0.3) is 5.69 Å². The van der Waals surface area contributed by atoms with Gasteiger partial charge in [-0.25, -0.2) is 8.42 Å².